The largest absolute Gasteiger partial charge is 0.493 e. The van der Waals surface area contributed by atoms with E-state index in [1.54, 1.807) is 11.3 Å². The van der Waals surface area contributed by atoms with Crippen LogP contribution in [0.25, 0.3) is 32.5 Å². The number of esters is 1. The average molecular weight is 516 g/mol. The molecule has 0 saturated heterocycles. The number of nitrogens with zero attached hydrogens (tertiary/aromatic N) is 1. The van der Waals surface area contributed by atoms with Crippen LogP contribution >= 0.6 is 11.3 Å². The Morgan fingerprint density at radius 2 is 1.97 bits per heavy atom. The van der Waals surface area contributed by atoms with Crippen LogP contribution in [-0.4, -0.2) is 29.8 Å². The quantitative estimate of drug-likeness (QED) is 0.247. The number of benzene rings is 2. The lowest BCUT2D eigenvalue weighted by Gasteiger charge is -2.28. The molecule has 0 spiro atoms. The Labute approximate surface area is 222 Å². The zero-order valence-corrected chi connectivity index (χ0v) is 22.9. The topological polar surface area (TPSA) is 57.7 Å². The number of thiophene rings is 1. The summed E-state index contributed by atoms with van der Waals surface area (Å²) in [6.45, 7) is 10.8. The third-order valence-corrected chi connectivity index (χ3v) is 7.61. The third-order valence-electron chi connectivity index (χ3n) is 6.46. The number of pyridine rings is 1. The summed E-state index contributed by atoms with van der Waals surface area (Å²) in [4.78, 5) is 20.1. The van der Waals surface area contributed by atoms with E-state index in [1.807, 2.05) is 52.1 Å². The monoisotopic (exact) mass is 515 g/mol. The molecule has 37 heavy (non-hydrogen) atoms. The molecular weight excluding hydrogens is 482 g/mol. The van der Waals surface area contributed by atoms with Crippen LogP contribution < -0.4 is 4.74 Å². The van der Waals surface area contributed by atoms with Crippen molar-refractivity contribution in [3.05, 3.63) is 70.7 Å². The summed E-state index contributed by atoms with van der Waals surface area (Å²) in [5.41, 5.74) is 5.59. The maximum Gasteiger partial charge on any atom is 0.340 e. The van der Waals surface area contributed by atoms with E-state index >= 15 is 0 Å². The van der Waals surface area contributed by atoms with E-state index in [0.717, 1.165) is 68.1 Å². The minimum absolute atomic E-state index is 0.291. The van der Waals surface area contributed by atoms with Gasteiger partial charge in [0, 0.05) is 38.0 Å². The number of carbonyl (C=O) groups excluding carboxylic acids is 1. The first-order valence-electron chi connectivity index (χ1n) is 12.8. The van der Waals surface area contributed by atoms with Crippen molar-refractivity contribution in [2.75, 3.05) is 13.2 Å². The van der Waals surface area contributed by atoms with Crippen molar-refractivity contribution in [2.45, 2.75) is 59.2 Å². The molecule has 0 bridgehead atoms. The van der Waals surface area contributed by atoms with E-state index in [1.165, 1.54) is 5.56 Å². The molecule has 0 N–H and O–H groups in total. The fourth-order valence-electron chi connectivity index (χ4n) is 4.96. The Hall–Kier alpha value is -3.22. The van der Waals surface area contributed by atoms with Crippen LogP contribution in [0.2, 0.25) is 0 Å². The van der Waals surface area contributed by atoms with Gasteiger partial charge < -0.3 is 14.2 Å². The van der Waals surface area contributed by atoms with Crippen molar-refractivity contribution < 1.29 is 19.0 Å². The summed E-state index contributed by atoms with van der Waals surface area (Å²) in [5, 5.41) is 1.07. The molecule has 6 heteroatoms. The maximum atomic E-state index is 13.4. The SMILES string of the molecule is CCOC(=O)C(OC(C)(C)C)c1c(C)sc(-c2ccnc3ccccc23)c1-c1ccc2c(c1)CCCO2. The Kier molecular flexibility index (Phi) is 7.06. The minimum atomic E-state index is -0.847. The number of carbonyl (C=O) groups is 1. The van der Waals surface area contributed by atoms with Gasteiger partial charge in [-0.05, 0) is 82.9 Å². The highest BCUT2D eigenvalue weighted by Gasteiger charge is 2.35. The van der Waals surface area contributed by atoms with Gasteiger partial charge in [0.2, 0.25) is 0 Å². The van der Waals surface area contributed by atoms with E-state index in [2.05, 4.69) is 42.2 Å². The average Bonchev–Trinajstić information content (AvgIpc) is 3.22. The molecule has 5 rings (SSSR count). The molecule has 192 valence electrons. The summed E-state index contributed by atoms with van der Waals surface area (Å²) in [7, 11) is 0. The van der Waals surface area contributed by atoms with Gasteiger partial charge in [-0.2, -0.15) is 0 Å². The predicted molar refractivity (Wildman–Crippen MR) is 149 cm³/mol. The van der Waals surface area contributed by atoms with Crippen molar-refractivity contribution in [2.24, 2.45) is 0 Å². The lowest BCUT2D eigenvalue weighted by molar-refractivity contribution is -0.166. The summed E-state index contributed by atoms with van der Waals surface area (Å²) in [6, 6.07) is 16.6. The van der Waals surface area contributed by atoms with E-state index in [-0.39, 0.29) is 5.97 Å². The summed E-state index contributed by atoms with van der Waals surface area (Å²) >= 11 is 1.68. The van der Waals surface area contributed by atoms with Gasteiger partial charge in [0.05, 0.1) is 24.3 Å². The van der Waals surface area contributed by atoms with Crippen molar-refractivity contribution >= 4 is 28.2 Å². The smallest absolute Gasteiger partial charge is 0.340 e. The second kappa shape index (κ2) is 10.3. The van der Waals surface area contributed by atoms with Crippen LogP contribution in [0.5, 0.6) is 5.75 Å². The lowest BCUT2D eigenvalue weighted by atomic mass is 9.91. The lowest BCUT2D eigenvalue weighted by Crippen LogP contribution is -2.29. The number of fused-ring (bicyclic) bond motifs is 2. The van der Waals surface area contributed by atoms with Crippen LogP contribution in [-0.2, 0) is 20.7 Å². The van der Waals surface area contributed by atoms with Crippen LogP contribution in [0, 0.1) is 6.92 Å². The zero-order valence-electron chi connectivity index (χ0n) is 22.1. The molecule has 2 aromatic carbocycles. The summed E-state index contributed by atoms with van der Waals surface area (Å²) < 4.78 is 17.9. The molecule has 1 unspecified atom stereocenters. The number of hydrogen-bond acceptors (Lipinski definition) is 6. The van der Waals surface area contributed by atoms with Crippen LogP contribution in [0.1, 0.15) is 56.2 Å². The van der Waals surface area contributed by atoms with Crippen LogP contribution in [0.4, 0.5) is 0 Å². The van der Waals surface area contributed by atoms with Gasteiger partial charge in [-0.25, -0.2) is 4.79 Å². The Bertz CT molecular complexity index is 1440. The molecule has 1 aliphatic rings. The number of aromatic nitrogens is 1. The van der Waals surface area contributed by atoms with E-state index < -0.39 is 11.7 Å². The van der Waals surface area contributed by atoms with Crippen molar-refractivity contribution in [3.8, 4) is 27.3 Å². The second-order valence-electron chi connectivity index (χ2n) is 10.3. The highest BCUT2D eigenvalue weighted by Crippen LogP contribution is 2.49. The zero-order chi connectivity index (χ0) is 26.2. The first-order chi connectivity index (χ1) is 17.8. The van der Waals surface area contributed by atoms with Gasteiger partial charge in [-0.3, -0.25) is 4.98 Å². The Morgan fingerprint density at radius 1 is 1.16 bits per heavy atom. The first-order valence-corrected chi connectivity index (χ1v) is 13.7. The second-order valence-corrected chi connectivity index (χ2v) is 11.5. The molecule has 4 aromatic rings. The first kappa shape index (κ1) is 25.4. The summed E-state index contributed by atoms with van der Waals surface area (Å²) in [5.74, 6) is 0.569. The maximum absolute atomic E-state index is 13.4. The van der Waals surface area contributed by atoms with Crippen molar-refractivity contribution in [3.63, 3.8) is 0 Å². The fourth-order valence-corrected chi connectivity index (χ4v) is 6.20. The van der Waals surface area contributed by atoms with Gasteiger partial charge in [-0.15, -0.1) is 11.3 Å². The number of para-hydroxylation sites is 1. The standard InChI is InChI=1S/C31H33NO4S/c1-6-34-30(33)28(36-31(3,4)5)26-19(2)37-29(23-15-16-32-24-12-8-7-11-22(23)24)27(26)21-13-14-25-20(18-21)10-9-17-35-25/h7-8,11-16,18,28H,6,9-10,17H2,1-5H3. The molecule has 0 saturated carbocycles. The van der Waals surface area contributed by atoms with E-state index in [9.17, 15) is 4.79 Å². The minimum Gasteiger partial charge on any atom is -0.493 e. The van der Waals surface area contributed by atoms with Crippen molar-refractivity contribution in [1.82, 2.24) is 4.98 Å². The van der Waals surface area contributed by atoms with Gasteiger partial charge in [-0.1, -0.05) is 24.3 Å². The Balaban J connectivity index is 1.80. The molecule has 1 aliphatic heterocycles. The fraction of sp³-hybridized carbons (Fsp3) is 0.355. The number of ether oxygens (including phenoxy) is 3. The van der Waals surface area contributed by atoms with E-state index in [4.69, 9.17) is 14.2 Å². The highest BCUT2D eigenvalue weighted by atomic mass is 32.1. The van der Waals surface area contributed by atoms with Gasteiger partial charge in [0.25, 0.3) is 0 Å². The molecule has 0 radical (unpaired) electrons. The molecular formula is C31H33NO4S. The van der Waals surface area contributed by atoms with Gasteiger partial charge >= 0.3 is 5.97 Å². The van der Waals surface area contributed by atoms with Gasteiger partial charge in [0.1, 0.15) is 5.75 Å². The third kappa shape index (κ3) is 5.13. The number of hydrogen-bond donors (Lipinski definition) is 0. The Morgan fingerprint density at radius 3 is 2.76 bits per heavy atom. The molecule has 0 aliphatic carbocycles. The van der Waals surface area contributed by atoms with Crippen molar-refractivity contribution in [1.29, 1.82) is 0 Å². The molecule has 0 amide bonds. The van der Waals surface area contributed by atoms with Crippen LogP contribution in [0.15, 0.2) is 54.7 Å². The molecule has 0 fully saturated rings. The normalized spacial score (nSPS) is 14.2. The molecule has 5 nitrogen and oxygen atoms in total. The number of rotatable bonds is 6. The predicted octanol–water partition coefficient (Wildman–Crippen LogP) is 7.68. The molecule has 2 aromatic heterocycles. The summed E-state index contributed by atoms with van der Waals surface area (Å²) in [6.07, 6.45) is 2.97. The molecule has 1 atom stereocenters. The highest BCUT2D eigenvalue weighted by molar-refractivity contribution is 7.16. The molecule has 3 heterocycles. The number of aryl methyl sites for hydroxylation is 2. The van der Waals surface area contributed by atoms with E-state index in [0.29, 0.717) is 6.61 Å². The van der Waals surface area contributed by atoms with Gasteiger partial charge in [0.15, 0.2) is 6.10 Å². The van der Waals surface area contributed by atoms with Crippen LogP contribution in [0.3, 0.4) is 0 Å².